The molecule has 0 saturated carbocycles. The fourth-order valence-electron chi connectivity index (χ4n) is 1.10. The molecule has 1 rings (SSSR count). The van der Waals surface area contributed by atoms with Crippen LogP contribution in [0.1, 0.15) is 10.4 Å². The molecule has 0 aliphatic carbocycles. The monoisotopic (exact) mass is 246 g/mol. The maximum atomic E-state index is 13.2. The van der Waals surface area contributed by atoms with Gasteiger partial charge < -0.3 is 4.74 Å². The molecule has 0 aliphatic heterocycles. The summed E-state index contributed by atoms with van der Waals surface area (Å²) in [5.74, 6) is -0.911. The van der Waals surface area contributed by atoms with Crippen molar-refractivity contribution >= 4 is 17.5 Å². The van der Waals surface area contributed by atoms with Crippen LogP contribution in [0, 0.1) is 11.6 Å². The molecule has 1 aromatic rings. The molecule has 0 spiro atoms. The third-order valence-corrected chi connectivity index (χ3v) is 2.82. The smallest absolute Gasteiger partial charge is 0.175 e. The van der Waals surface area contributed by atoms with Gasteiger partial charge >= 0.3 is 0 Å². The third-order valence-electron chi connectivity index (χ3n) is 1.89. The van der Waals surface area contributed by atoms with Gasteiger partial charge in [0, 0.05) is 12.9 Å². The zero-order chi connectivity index (χ0) is 12.0. The quantitative estimate of drug-likeness (QED) is 0.570. The minimum Gasteiger partial charge on any atom is -0.384 e. The second-order valence-electron chi connectivity index (χ2n) is 3.09. The maximum Gasteiger partial charge on any atom is 0.175 e. The van der Waals surface area contributed by atoms with Gasteiger partial charge in [-0.25, -0.2) is 8.78 Å². The van der Waals surface area contributed by atoms with Gasteiger partial charge in [0.25, 0.3) is 0 Å². The molecule has 0 radical (unpaired) electrons. The number of rotatable bonds is 6. The summed E-state index contributed by atoms with van der Waals surface area (Å²) < 4.78 is 30.8. The highest BCUT2D eigenvalue weighted by atomic mass is 32.2. The molecule has 0 saturated heterocycles. The van der Waals surface area contributed by atoms with Crippen LogP contribution in [0.15, 0.2) is 18.2 Å². The summed E-state index contributed by atoms with van der Waals surface area (Å²) in [5, 5.41) is 0. The molecule has 0 heterocycles. The summed E-state index contributed by atoms with van der Waals surface area (Å²) in [5.41, 5.74) is -0.190. The first-order chi connectivity index (χ1) is 7.65. The Balaban J connectivity index is 2.55. The first kappa shape index (κ1) is 13.1. The average molecular weight is 246 g/mol. The number of benzene rings is 1. The number of hydrogen-bond acceptors (Lipinski definition) is 3. The Kier molecular flexibility index (Phi) is 5.42. The number of Topliss-reactive ketones (excluding diaryl/α,β-unsaturated/α-hetero) is 1. The zero-order valence-electron chi connectivity index (χ0n) is 8.83. The van der Waals surface area contributed by atoms with Gasteiger partial charge in [-0.2, -0.15) is 11.8 Å². The van der Waals surface area contributed by atoms with Crippen LogP contribution in [0.3, 0.4) is 0 Å². The molecule has 0 amide bonds. The molecule has 1 aromatic carbocycles. The van der Waals surface area contributed by atoms with Gasteiger partial charge in [0.05, 0.1) is 17.9 Å². The molecule has 0 unspecified atom stereocenters. The van der Waals surface area contributed by atoms with E-state index in [9.17, 15) is 13.6 Å². The molecule has 0 bridgehead atoms. The van der Waals surface area contributed by atoms with E-state index in [1.807, 2.05) is 0 Å². The molecule has 5 heteroatoms. The van der Waals surface area contributed by atoms with Gasteiger partial charge in [-0.05, 0) is 18.2 Å². The highest BCUT2D eigenvalue weighted by molar-refractivity contribution is 8.00. The number of ketones is 1. The van der Waals surface area contributed by atoms with E-state index in [1.165, 1.54) is 11.8 Å². The minimum atomic E-state index is -0.682. The van der Waals surface area contributed by atoms with Crippen LogP contribution in [0.2, 0.25) is 0 Å². The SMILES string of the molecule is COCCSCC(=O)c1cc(F)ccc1F. The van der Waals surface area contributed by atoms with Crippen LogP contribution < -0.4 is 0 Å². The van der Waals surface area contributed by atoms with Crippen LogP contribution in [0.4, 0.5) is 8.78 Å². The maximum absolute atomic E-state index is 13.2. The standard InChI is InChI=1S/C11H12F2O2S/c1-15-4-5-16-7-11(14)9-6-8(12)2-3-10(9)13/h2-3,6H,4-5,7H2,1H3. The highest BCUT2D eigenvalue weighted by Crippen LogP contribution is 2.13. The van der Waals surface area contributed by atoms with Crippen molar-refractivity contribution in [2.24, 2.45) is 0 Å². The van der Waals surface area contributed by atoms with Crippen LogP contribution in [-0.2, 0) is 4.74 Å². The lowest BCUT2D eigenvalue weighted by atomic mass is 10.1. The summed E-state index contributed by atoms with van der Waals surface area (Å²) in [4.78, 5) is 11.5. The van der Waals surface area contributed by atoms with E-state index < -0.39 is 17.4 Å². The summed E-state index contributed by atoms with van der Waals surface area (Å²) in [6, 6.07) is 2.88. The summed E-state index contributed by atoms with van der Waals surface area (Å²) in [7, 11) is 1.56. The molecule has 0 fully saturated rings. The number of carbonyl (C=O) groups is 1. The van der Waals surface area contributed by atoms with Crippen molar-refractivity contribution in [1.29, 1.82) is 0 Å². The number of hydrogen-bond donors (Lipinski definition) is 0. The Hall–Kier alpha value is -0.940. The van der Waals surface area contributed by atoms with Crippen LogP contribution in [0.25, 0.3) is 0 Å². The molecule has 2 nitrogen and oxygen atoms in total. The summed E-state index contributed by atoms with van der Waals surface area (Å²) >= 11 is 1.33. The Morgan fingerprint density at radius 3 is 2.88 bits per heavy atom. The van der Waals surface area contributed by atoms with Gasteiger partial charge in [0.1, 0.15) is 11.6 Å². The van der Waals surface area contributed by atoms with Crippen molar-refractivity contribution in [2.45, 2.75) is 0 Å². The van der Waals surface area contributed by atoms with Crippen molar-refractivity contribution in [1.82, 2.24) is 0 Å². The normalized spacial score (nSPS) is 10.4. The Bertz CT molecular complexity index is 369. The largest absolute Gasteiger partial charge is 0.384 e. The zero-order valence-corrected chi connectivity index (χ0v) is 9.65. The van der Waals surface area contributed by atoms with Gasteiger partial charge in [-0.1, -0.05) is 0 Å². The van der Waals surface area contributed by atoms with E-state index in [1.54, 1.807) is 7.11 Å². The van der Waals surface area contributed by atoms with Crippen LogP contribution in [-0.4, -0.2) is 31.0 Å². The number of ether oxygens (including phenoxy) is 1. The number of methoxy groups -OCH3 is 1. The van der Waals surface area contributed by atoms with Gasteiger partial charge in [0.2, 0.25) is 0 Å². The van der Waals surface area contributed by atoms with Gasteiger partial charge in [0.15, 0.2) is 5.78 Å². The lowest BCUT2D eigenvalue weighted by Gasteiger charge is -2.02. The highest BCUT2D eigenvalue weighted by Gasteiger charge is 2.12. The number of halogens is 2. The predicted molar refractivity (Wildman–Crippen MR) is 59.9 cm³/mol. The summed E-state index contributed by atoms with van der Waals surface area (Å²) in [6.07, 6.45) is 0. The number of thioether (sulfide) groups is 1. The van der Waals surface area contributed by atoms with Crippen molar-refractivity contribution in [3.63, 3.8) is 0 Å². The van der Waals surface area contributed by atoms with Crippen molar-refractivity contribution < 1.29 is 18.3 Å². The topological polar surface area (TPSA) is 26.3 Å². The molecule has 0 aromatic heterocycles. The lowest BCUT2D eigenvalue weighted by Crippen LogP contribution is -2.07. The third kappa shape index (κ3) is 3.90. The van der Waals surface area contributed by atoms with E-state index in [4.69, 9.17) is 4.74 Å². The molecule has 0 atom stereocenters. The van der Waals surface area contributed by atoms with Crippen molar-refractivity contribution in [3.8, 4) is 0 Å². The molecule has 88 valence electrons. The van der Waals surface area contributed by atoms with E-state index in [-0.39, 0.29) is 11.3 Å². The average Bonchev–Trinajstić information content (AvgIpc) is 2.27. The molecule has 16 heavy (non-hydrogen) atoms. The van der Waals surface area contributed by atoms with Crippen molar-refractivity contribution in [2.75, 3.05) is 25.2 Å². The van der Waals surface area contributed by atoms with Crippen molar-refractivity contribution in [3.05, 3.63) is 35.4 Å². The lowest BCUT2D eigenvalue weighted by molar-refractivity contribution is 0.101. The van der Waals surface area contributed by atoms with Crippen LogP contribution in [0.5, 0.6) is 0 Å². The minimum absolute atomic E-state index is 0.129. The van der Waals surface area contributed by atoms with E-state index >= 15 is 0 Å². The van der Waals surface area contributed by atoms with E-state index in [0.717, 1.165) is 18.2 Å². The summed E-state index contributed by atoms with van der Waals surface area (Å²) in [6.45, 7) is 0.531. The first-order valence-electron chi connectivity index (χ1n) is 4.70. The fourth-order valence-corrected chi connectivity index (χ4v) is 1.87. The second kappa shape index (κ2) is 6.60. The molecule has 0 N–H and O–H groups in total. The second-order valence-corrected chi connectivity index (χ2v) is 4.20. The van der Waals surface area contributed by atoms with Gasteiger partial charge in [-0.3, -0.25) is 4.79 Å². The molecule has 0 aliphatic rings. The van der Waals surface area contributed by atoms with Crippen LogP contribution >= 0.6 is 11.8 Å². The molecular formula is C11H12F2O2S. The number of carbonyl (C=O) groups excluding carboxylic acids is 1. The Morgan fingerprint density at radius 1 is 1.44 bits per heavy atom. The van der Waals surface area contributed by atoms with E-state index in [2.05, 4.69) is 0 Å². The predicted octanol–water partition coefficient (Wildman–Crippen LogP) is 2.53. The Labute approximate surface area is 97.0 Å². The molecular weight excluding hydrogens is 234 g/mol. The fraction of sp³-hybridized carbons (Fsp3) is 0.364. The first-order valence-corrected chi connectivity index (χ1v) is 5.85. The van der Waals surface area contributed by atoms with E-state index in [0.29, 0.717) is 12.4 Å². The van der Waals surface area contributed by atoms with Gasteiger partial charge in [-0.15, -0.1) is 0 Å². The Morgan fingerprint density at radius 2 is 2.19 bits per heavy atom.